The van der Waals surface area contributed by atoms with E-state index in [-0.39, 0.29) is 5.91 Å². The largest absolute Gasteiger partial charge is 0.353 e. The second-order valence-electron chi connectivity index (χ2n) is 6.46. The van der Waals surface area contributed by atoms with Crippen molar-refractivity contribution in [3.63, 3.8) is 0 Å². The third kappa shape index (κ3) is 4.36. The van der Waals surface area contributed by atoms with Crippen LogP contribution in [0.25, 0.3) is 0 Å². The number of anilines is 1. The molecule has 0 aliphatic carbocycles. The minimum absolute atomic E-state index is 0.219. The van der Waals surface area contributed by atoms with Crippen LogP contribution < -0.4 is 10.2 Å². The topological polar surface area (TPSA) is 78.4 Å². The number of hydrogen-bond acceptors (Lipinski definition) is 5. The molecule has 0 saturated carbocycles. The molecule has 1 aromatic heterocycles. The van der Waals surface area contributed by atoms with Crippen LogP contribution in [-0.2, 0) is 11.3 Å². The normalized spacial score (nSPS) is 14.2. The van der Waals surface area contributed by atoms with E-state index < -0.39 is 0 Å². The lowest BCUT2D eigenvalue weighted by Crippen LogP contribution is -2.46. The van der Waals surface area contributed by atoms with Gasteiger partial charge in [0.15, 0.2) is 0 Å². The Morgan fingerprint density at radius 3 is 2.46 bits per heavy atom. The smallest absolute Gasteiger partial charge is 0.270 e. The third-order valence-corrected chi connectivity index (χ3v) is 4.42. The van der Waals surface area contributed by atoms with Gasteiger partial charge in [0, 0.05) is 38.8 Å². The van der Waals surface area contributed by atoms with Gasteiger partial charge in [-0.2, -0.15) is 0 Å². The molecule has 0 radical (unpaired) electrons. The summed E-state index contributed by atoms with van der Waals surface area (Å²) in [4.78, 5) is 35.9. The van der Waals surface area contributed by atoms with Crippen LogP contribution in [0.1, 0.15) is 27.4 Å². The van der Waals surface area contributed by atoms with E-state index in [2.05, 4.69) is 20.2 Å². The highest BCUT2D eigenvalue weighted by Crippen LogP contribution is 2.15. The summed E-state index contributed by atoms with van der Waals surface area (Å²) < 4.78 is 0. The molecule has 3 rings (SSSR count). The third-order valence-electron chi connectivity index (χ3n) is 4.42. The van der Waals surface area contributed by atoms with Crippen molar-refractivity contribution in [1.29, 1.82) is 0 Å². The second-order valence-corrected chi connectivity index (χ2v) is 6.46. The van der Waals surface area contributed by atoms with Gasteiger partial charge in [-0.1, -0.05) is 29.8 Å². The van der Waals surface area contributed by atoms with E-state index in [1.54, 1.807) is 17.9 Å². The number of benzene rings is 1. The Bertz CT molecular complexity index is 783. The van der Waals surface area contributed by atoms with E-state index >= 15 is 0 Å². The predicted octanol–water partition coefficient (Wildman–Crippen LogP) is 1.30. The Morgan fingerprint density at radius 2 is 1.81 bits per heavy atom. The average Bonchev–Trinajstić information content (AvgIpc) is 2.67. The van der Waals surface area contributed by atoms with Gasteiger partial charge in [-0.15, -0.1) is 0 Å². The number of nitrogens with one attached hydrogen (secondary N) is 1. The minimum Gasteiger partial charge on any atom is -0.353 e. The Balaban J connectivity index is 1.67. The number of hydrogen-bond donors (Lipinski definition) is 1. The van der Waals surface area contributed by atoms with E-state index in [0.717, 1.165) is 17.8 Å². The van der Waals surface area contributed by atoms with Crippen LogP contribution >= 0.6 is 0 Å². The first kappa shape index (κ1) is 17.8. The number of aryl methyl sites for hydroxylation is 2. The Kier molecular flexibility index (Phi) is 5.46. The van der Waals surface area contributed by atoms with Crippen molar-refractivity contribution in [3.8, 4) is 0 Å². The van der Waals surface area contributed by atoms with Gasteiger partial charge in [-0.25, -0.2) is 9.97 Å². The number of piperazine rings is 1. The zero-order chi connectivity index (χ0) is 18.5. The SMILES string of the molecule is Cc1ccc(CNC(=O)c2cc(N3CCN(C=O)CC3)nc(C)n2)cc1. The second kappa shape index (κ2) is 7.95. The molecular weight excluding hydrogens is 330 g/mol. The molecule has 2 amide bonds. The van der Waals surface area contributed by atoms with Crippen molar-refractivity contribution in [2.75, 3.05) is 31.1 Å². The molecule has 1 aliphatic heterocycles. The van der Waals surface area contributed by atoms with E-state index in [1.165, 1.54) is 5.56 Å². The molecule has 2 aromatic rings. The van der Waals surface area contributed by atoms with Crippen molar-refractivity contribution in [1.82, 2.24) is 20.2 Å². The monoisotopic (exact) mass is 353 g/mol. The fourth-order valence-electron chi connectivity index (χ4n) is 2.87. The van der Waals surface area contributed by atoms with Crippen molar-refractivity contribution in [2.45, 2.75) is 20.4 Å². The van der Waals surface area contributed by atoms with E-state index in [0.29, 0.717) is 44.2 Å². The van der Waals surface area contributed by atoms with E-state index in [1.807, 2.05) is 31.2 Å². The average molecular weight is 353 g/mol. The maximum atomic E-state index is 12.5. The van der Waals surface area contributed by atoms with Crippen LogP contribution in [0.2, 0.25) is 0 Å². The fraction of sp³-hybridized carbons (Fsp3) is 0.368. The molecule has 1 fully saturated rings. The van der Waals surface area contributed by atoms with Gasteiger partial charge < -0.3 is 15.1 Å². The standard InChI is InChI=1S/C19H23N5O2/c1-14-3-5-16(6-4-14)12-20-19(26)17-11-18(22-15(2)21-17)24-9-7-23(13-25)8-10-24/h3-6,11,13H,7-10,12H2,1-2H3,(H,20,26). The summed E-state index contributed by atoms with van der Waals surface area (Å²) in [5.74, 6) is 1.06. The lowest BCUT2D eigenvalue weighted by molar-refractivity contribution is -0.118. The maximum Gasteiger partial charge on any atom is 0.270 e. The highest BCUT2D eigenvalue weighted by atomic mass is 16.2. The molecule has 0 spiro atoms. The summed E-state index contributed by atoms with van der Waals surface area (Å²) in [6.45, 7) is 6.96. The first-order valence-electron chi connectivity index (χ1n) is 8.69. The first-order valence-corrected chi connectivity index (χ1v) is 8.69. The molecule has 1 saturated heterocycles. The van der Waals surface area contributed by atoms with Crippen molar-refractivity contribution in [2.24, 2.45) is 0 Å². The Hall–Kier alpha value is -2.96. The van der Waals surface area contributed by atoms with Gasteiger partial charge in [-0.3, -0.25) is 9.59 Å². The molecule has 7 heteroatoms. The van der Waals surface area contributed by atoms with Gasteiger partial charge in [-0.05, 0) is 19.4 Å². The molecule has 136 valence electrons. The number of carbonyl (C=O) groups excluding carboxylic acids is 2. The van der Waals surface area contributed by atoms with Gasteiger partial charge in [0.1, 0.15) is 17.3 Å². The van der Waals surface area contributed by atoms with Crippen LogP contribution in [0, 0.1) is 13.8 Å². The minimum atomic E-state index is -0.219. The molecule has 1 aliphatic rings. The Labute approximate surface area is 153 Å². The van der Waals surface area contributed by atoms with Crippen molar-refractivity contribution in [3.05, 3.63) is 53.0 Å². The molecule has 1 N–H and O–H groups in total. The summed E-state index contributed by atoms with van der Waals surface area (Å²) in [7, 11) is 0. The lowest BCUT2D eigenvalue weighted by atomic mass is 10.1. The highest BCUT2D eigenvalue weighted by Gasteiger charge is 2.19. The molecule has 0 unspecified atom stereocenters. The number of carbonyl (C=O) groups is 2. The van der Waals surface area contributed by atoms with Gasteiger partial charge in [0.05, 0.1) is 0 Å². The summed E-state index contributed by atoms with van der Waals surface area (Å²) in [5, 5.41) is 2.91. The zero-order valence-electron chi connectivity index (χ0n) is 15.1. The summed E-state index contributed by atoms with van der Waals surface area (Å²) in [6.07, 6.45) is 0.868. The highest BCUT2D eigenvalue weighted by molar-refractivity contribution is 5.92. The number of rotatable bonds is 5. The molecule has 2 heterocycles. The van der Waals surface area contributed by atoms with Gasteiger partial charge >= 0.3 is 0 Å². The maximum absolute atomic E-state index is 12.5. The van der Waals surface area contributed by atoms with Crippen LogP contribution in [0.15, 0.2) is 30.3 Å². The number of amides is 2. The Morgan fingerprint density at radius 1 is 1.12 bits per heavy atom. The molecule has 26 heavy (non-hydrogen) atoms. The van der Waals surface area contributed by atoms with Crippen molar-refractivity contribution < 1.29 is 9.59 Å². The van der Waals surface area contributed by atoms with E-state index in [4.69, 9.17) is 0 Å². The van der Waals surface area contributed by atoms with Crippen LogP contribution in [0.3, 0.4) is 0 Å². The number of aromatic nitrogens is 2. The summed E-state index contributed by atoms with van der Waals surface area (Å²) in [6, 6.07) is 9.76. The molecular formula is C19H23N5O2. The van der Waals surface area contributed by atoms with Crippen LogP contribution in [0.5, 0.6) is 0 Å². The quantitative estimate of drug-likeness (QED) is 0.820. The van der Waals surface area contributed by atoms with Gasteiger partial charge in [0.2, 0.25) is 6.41 Å². The van der Waals surface area contributed by atoms with Gasteiger partial charge in [0.25, 0.3) is 5.91 Å². The first-order chi connectivity index (χ1) is 12.5. The number of nitrogens with zero attached hydrogens (tertiary/aromatic N) is 4. The lowest BCUT2D eigenvalue weighted by Gasteiger charge is -2.33. The molecule has 7 nitrogen and oxygen atoms in total. The molecule has 1 aromatic carbocycles. The fourth-order valence-corrected chi connectivity index (χ4v) is 2.87. The molecule has 0 atom stereocenters. The van der Waals surface area contributed by atoms with Crippen LogP contribution in [0.4, 0.5) is 5.82 Å². The zero-order valence-corrected chi connectivity index (χ0v) is 15.1. The van der Waals surface area contributed by atoms with Crippen molar-refractivity contribution >= 4 is 18.1 Å². The van der Waals surface area contributed by atoms with E-state index in [9.17, 15) is 9.59 Å². The summed E-state index contributed by atoms with van der Waals surface area (Å²) in [5.41, 5.74) is 2.59. The van der Waals surface area contributed by atoms with Crippen LogP contribution in [-0.4, -0.2) is 53.4 Å². The summed E-state index contributed by atoms with van der Waals surface area (Å²) >= 11 is 0. The molecule has 0 bridgehead atoms. The predicted molar refractivity (Wildman–Crippen MR) is 99.0 cm³/mol.